The van der Waals surface area contributed by atoms with Crippen LogP contribution in [0.2, 0.25) is 0 Å². The number of aromatic nitrogens is 1. The average molecular weight is 457 g/mol. The molecule has 0 saturated carbocycles. The van der Waals surface area contributed by atoms with Crippen LogP contribution in [0.5, 0.6) is 0 Å². The van der Waals surface area contributed by atoms with Gasteiger partial charge in [-0.3, -0.25) is 5.43 Å². The van der Waals surface area contributed by atoms with E-state index in [9.17, 15) is 8.42 Å². The minimum atomic E-state index is -3.49. The van der Waals surface area contributed by atoms with Crippen molar-refractivity contribution in [3.63, 3.8) is 0 Å². The van der Waals surface area contributed by atoms with Gasteiger partial charge in [0.2, 0.25) is 15.2 Å². The maximum Gasteiger partial charge on any atom is 0.243 e. The molecule has 0 radical (unpaired) electrons. The summed E-state index contributed by atoms with van der Waals surface area (Å²) in [6.07, 6.45) is 2.77. The molecule has 0 bridgehead atoms. The van der Waals surface area contributed by atoms with Crippen molar-refractivity contribution in [1.82, 2.24) is 9.29 Å². The van der Waals surface area contributed by atoms with Gasteiger partial charge in [-0.05, 0) is 29.7 Å². The first-order valence-electron chi connectivity index (χ1n) is 10.1. The quantitative estimate of drug-likeness (QED) is 0.431. The predicted octanol–water partition coefficient (Wildman–Crippen LogP) is 3.84. The molecular formula is C22H24N4O3S2. The predicted molar refractivity (Wildman–Crippen MR) is 124 cm³/mol. The molecule has 2 aromatic carbocycles. The molecule has 1 aliphatic heterocycles. The monoisotopic (exact) mass is 456 g/mol. The lowest BCUT2D eigenvalue weighted by molar-refractivity contribution is 0.0730. The Hall–Kier alpha value is -2.59. The van der Waals surface area contributed by atoms with Crippen molar-refractivity contribution in [2.45, 2.75) is 18.2 Å². The van der Waals surface area contributed by atoms with E-state index in [0.29, 0.717) is 31.4 Å². The Kier molecular flexibility index (Phi) is 6.77. The number of hydrazone groups is 1. The lowest BCUT2D eigenvalue weighted by Crippen LogP contribution is -2.40. The number of ether oxygens (including phenoxy) is 1. The molecule has 1 fully saturated rings. The molecule has 7 nitrogen and oxygen atoms in total. The van der Waals surface area contributed by atoms with Crippen molar-refractivity contribution in [2.24, 2.45) is 5.10 Å². The molecule has 31 heavy (non-hydrogen) atoms. The smallest absolute Gasteiger partial charge is 0.243 e. The number of rotatable bonds is 7. The fourth-order valence-electron chi connectivity index (χ4n) is 3.19. The molecule has 1 saturated heterocycles. The second kappa shape index (κ2) is 9.69. The first-order valence-corrected chi connectivity index (χ1v) is 12.4. The van der Waals surface area contributed by atoms with Crippen LogP contribution in [-0.4, -0.2) is 50.2 Å². The van der Waals surface area contributed by atoms with Crippen LogP contribution in [-0.2, 0) is 21.2 Å². The molecule has 1 aliphatic rings. The largest absolute Gasteiger partial charge is 0.379 e. The van der Waals surface area contributed by atoms with Crippen molar-refractivity contribution < 1.29 is 13.2 Å². The number of hydrogen-bond acceptors (Lipinski definition) is 7. The molecule has 0 atom stereocenters. The molecule has 0 aliphatic carbocycles. The van der Waals surface area contributed by atoms with E-state index >= 15 is 0 Å². The summed E-state index contributed by atoms with van der Waals surface area (Å²) in [6.45, 7) is 3.75. The Bertz CT molecular complexity index is 1130. The fraction of sp³-hybridized carbons (Fsp3) is 0.273. The molecule has 1 aromatic heterocycles. The number of anilines is 1. The van der Waals surface area contributed by atoms with Crippen LogP contribution in [0.3, 0.4) is 0 Å². The van der Waals surface area contributed by atoms with Gasteiger partial charge in [0, 0.05) is 24.0 Å². The molecule has 2 heterocycles. The van der Waals surface area contributed by atoms with Gasteiger partial charge in [-0.1, -0.05) is 43.3 Å². The third-order valence-electron chi connectivity index (χ3n) is 5.02. The molecule has 0 amide bonds. The fourth-order valence-corrected chi connectivity index (χ4v) is 5.27. The maximum atomic E-state index is 12.7. The molecule has 3 aromatic rings. The number of aryl methyl sites for hydroxylation is 1. The van der Waals surface area contributed by atoms with Crippen LogP contribution in [0, 0.1) is 0 Å². The number of sulfonamides is 1. The second-order valence-electron chi connectivity index (χ2n) is 7.04. The number of thiazole rings is 1. The van der Waals surface area contributed by atoms with Gasteiger partial charge >= 0.3 is 0 Å². The van der Waals surface area contributed by atoms with E-state index in [1.54, 1.807) is 30.5 Å². The molecule has 0 spiro atoms. The number of nitrogens with zero attached hydrogens (tertiary/aromatic N) is 3. The highest BCUT2D eigenvalue weighted by Gasteiger charge is 2.26. The van der Waals surface area contributed by atoms with E-state index in [2.05, 4.69) is 34.6 Å². The maximum absolute atomic E-state index is 12.7. The van der Waals surface area contributed by atoms with Crippen LogP contribution >= 0.6 is 11.3 Å². The van der Waals surface area contributed by atoms with E-state index in [4.69, 9.17) is 4.74 Å². The van der Waals surface area contributed by atoms with Gasteiger partial charge in [0.05, 0.1) is 30.0 Å². The van der Waals surface area contributed by atoms with Crippen molar-refractivity contribution in [2.75, 3.05) is 31.7 Å². The summed E-state index contributed by atoms with van der Waals surface area (Å²) >= 11 is 1.44. The lowest BCUT2D eigenvalue weighted by Gasteiger charge is -2.26. The van der Waals surface area contributed by atoms with Crippen LogP contribution in [0.25, 0.3) is 11.3 Å². The molecule has 1 N–H and O–H groups in total. The second-order valence-corrected chi connectivity index (χ2v) is 9.84. The molecule has 162 valence electrons. The van der Waals surface area contributed by atoms with E-state index in [1.165, 1.54) is 21.2 Å². The van der Waals surface area contributed by atoms with Gasteiger partial charge < -0.3 is 4.74 Å². The number of hydrogen-bond donors (Lipinski definition) is 1. The summed E-state index contributed by atoms with van der Waals surface area (Å²) in [4.78, 5) is 4.82. The number of nitrogens with one attached hydrogen (secondary N) is 1. The van der Waals surface area contributed by atoms with Crippen molar-refractivity contribution in [3.05, 3.63) is 65.0 Å². The first kappa shape index (κ1) is 21.6. The zero-order valence-electron chi connectivity index (χ0n) is 17.2. The van der Waals surface area contributed by atoms with Gasteiger partial charge in [-0.15, -0.1) is 11.3 Å². The highest BCUT2D eigenvalue weighted by atomic mass is 32.2. The van der Waals surface area contributed by atoms with E-state index in [1.807, 2.05) is 17.5 Å². The average Bonchev–Trinajstić information content (AvgIpc) is 3.29. The SMILES string of the molecule is CCc1ccc(C=NNc2nc(-c3ccc(S(=O)(=O)N4CCOCC4)cc3)cs2)cc1. The standard InChI is InChI=1S/C22H24N4O3S2/c1-2-17-3-5-18(6-4-17)15-23-25-22-24-21(16-30-22)19-7-9-20(10-8-19)31(27,28)26-11-13-29-14-12-26/h3-10,15-16H,2,11-14H2,1H3,(H,24,25). The topological polar surface area (TPSA) is 83.9 Å². The summed E-state index contributed by atoms with van der Waals surface area (Å²) in [7, 11) is -3.49. The normalized spacial score (nSPS) is 15.4. The third kappa shape index (κ3) is 5.19. The Balaban J connectivity index is 1.41. The first-order chi connectivity index (χ1) is 15.1. The Morgan fingerprint density at radius 1 is 1.13 bits per heavy atom. The Morgan fingerprint density at radius 3 is 2.52 bits per heavy atom. The van der Waals surface area contributed by atoms with E-state index < -0.39 is 10.0 Å². The van der Waals surface area contributed by atoms with Crippen LogP contribution in [0.15, 0.2) is 63.9 Å². The molecule has 0 unspecified atom stereocenters. The van der Waals surface area contributed by atoms with Gasteiger partial charge in [-0.25, -0.2) is 13.4 Å². The van der Waals surface area contributed by atoms with Gasteiger partial charge in [0.1, 0.15) is 0 Å². The minimum absolute atomic E-state index is 0.283. The number of morpholine rings is 1. The number of benzene rings is 2. The van der Waals surface area contributed by atoms with Crippen molar-refractivity contribution >= 4 is 32.7 Å². The molecule has 4 rings (SSSR count). The highest BCUT2D eigenvalue weighted by molar-refractivity contribution is 7.89. The Morgan fingerprint density at radius 2 is 1.84 bits per heavy atom. The van der Waals surface area contributed by atoms with E-state index in [-0.39, 0.29) is 4.90 Å². The van der Waals surface area contributed by atoms with Gasteiger partial charge in [-0.2, -0.15) is 9.41 Å². The van der Waals surface area contributed by atoms with Crippen molar-refractivity contribution in [3.8, 4) is 11.3 Å². The zero-order chi connectivity index (χ0) is 21.7. The zero-order valence-corrected chi connectivity index (χ0v) is 18.8. The lowest BCUT2D eigenvalue weighted by atomic mass is 10.1. The van der Waals surface area contributed by atoms with Gasteiger partial charge in [0.15, 0.2) is 0 Å². The molecule has 9 heteroatoms. The third-order valence-corrected chi connectivity index (χ3v) is 7.68. The van der Waals surface area contributed by atoms with E-state index in [0.717, 1.165) is 23.2 Å². The van der Waals surface area contributed by atoms with Crippen molar-refractivity contribution in [1.29, 1.82) is 0 Å². The molecular weight excluding hydrogens is 432 g/mol. The summed E-state index contributed by atoms with van der Waals surface area (Å²) in [5.74, 6) is 0. The minimum Gasteiger partial charge on any atom is -0.379 e. The Labute approximate surface area is 186 Å². The summed E-state index contributed by atoms with van der Waals surface area (Å²) < 4.78 is 32.2. The summed E-state index contributed by atoms with van der Waals surface area (Å²) in [5, 5.41) is 6.83. The van der Waals surface area contributed by atoms with Crippen LogP contribution in [0.4, 0.5) is 5.13 Å². The van der Waals surface area contributed by atoms with Crippen LogP contribution in [0.1, 0.15) is 18.1 Å². The summed E-state index contributed by atoms with van der Waals surface area (Å²) in [6, 6.07) is 15.1. The van der Waals surface area contributed by atoms with Gasteiger partial charge in [0.25, 0.3) is 0 Å². The highest BCUT2D eigenvalue weighted by Crippen LogP contribution is 2.27. The summed E-state index contributed by atoms with van der Waals surface area (Å²) in [5.41, 5.74) is 6.88. The van der Waals surface area contributed by atoms with Crippen LogP contribution < -0.4 is 5.43 Å².